The lowest BCUT2D eigenvalue weighted by atomic mass is 10.0. The first-order chi connectivity index (χ1) is 13.2. The second-order valence-corrected chi connectivity index (χ2v) is 6.67. The maximum Gasteiger partial charge on any atom is 0.223 e. The molecule has 1 aliphatic rings. The largest absolute Gasteiger partial charge is 0.497 e. The van der Waals surface area contributed by atoms with Crippen LogP contribution in [0.25, 0.3) is 0 Å². The van der Waals surface area contributed by atoms with Crippen LogP contribution in [0.3, 0.4) is 0 Å². The van der Waals surface area contributed by atoms with Crippen molar-refractivity contribution in [1.29, 1.82) is 0 Å². The van der Waals surface area contributed by atoms with Crippen LogP contribution in [0.5, 0.6) is 17.2 Å². The normalized spacial score (nSPS) is 16.3. The zero-order chi connectivity index (χ0) is 19.2. The number of hydrogen-bond donors (Lipinski definition) is 0. The van der Waals surface area contributed by atoms with Crippen molar-refractivity contribution in [2.24, 2.45) is 0 Å². The highest BCUT2D eigenvalue weighted by molar-refractivity contribution is 5.77. The fourth-order valence-electron chi connectivity index (χ4n) is 3.77. The van der Waals surface area contributed by atoms with Gasteiger partial charge in [-0.2, -0.15) is 0 Å². The van der Waals surface area contributed by atoms with Gasteiger partial charge in [0.1, 0.15) is 5.75 Å². The van der Waals surface area contributed by atoms with Crippen molar-refractivity contribution >= 4 is 5.91 Å². The van der Waals surface area contributed by atoms with Gasteiger partial charge in [0.15, 0.2) is 11.5 Å². The van der Waals surface area contributed by atoms with Gasteiger partial charge in [-0.3, -0.25) is 4.79 Å². The van der Waals surface area contributed by atoms with E-state index in [1.54, 1.807) is 21.3 Å². The van der Waals surface area contributed by atoms with Crippen molar-refractivity contribution in [3.05, 3.63) is 53.6 Å². The van der Waals surface area contributed by atoms with Gasteiger partial charge in [-0.05, 0) is 48.6 Å². The van der Waals surface area contributed by atoms with E-state index in [1.807, 2.05) is 35.2 Å². The zero-order valence-corrected chi connectivity index (χ0v) is 16.2. The van der Waals surface area contributed by atoms with Crippen LogP contribution >= 0.6 is 0 Å². The number of benzene rings is 2. The fraction of sp³-hybridized carbons (Fsp3) is 0.409. The number of carbonyl (C=O) groups is 1. The number of hydrogen-bond acceptors (Lipinski definition) is 4. The lowest BCUT2D eigenvalue weighted by Gasteiger charge is -2.25. The molecule has 0 N–H and O–H groups in total. The average molecular weight is 369 g/mol. The van der Waals surface area contributed by atoms with Gasteiger partial charge in [0.05, 0.1) is 27.4 Å². The monoisotopic (exact) mass is 369 g/mol. The van der Waals surface area contributed by atoms with E-state index in [-0.39, 0.29) is 11.9 Å². The molecule has 0 aromatic heterocycles. The summed E-state index contributed by atoms with van der Waals surface area (Å²) in [6.07, 6.45) is 3.12. The molecule has 0 radical (unpaired) electrons. The van der Waals surface area contributed by atoms with E-state index in [1.165, 1.54) is 5.56 Å². The van der Waals surface area contributed by atoms with Gasteiger partial charge in [0.25, 0.3) is 0 Å². The van der Waals surface area contributed by atoms with Crippen molar-refractivity contribution in [3.8, 4) is 17.2 Å². The van der Waals surface area contributed by atoms with E-state index in [2.05, 4.69) is 12.1 Å². The number of para-hydroxylation sites is 1. The van der Waals surface area contributed by atoms with Crippen LogP contribution in [-0.4, -0.2) is 38.7 Å². The topological polar surface area (TPSA) is 48.0 Å². The molecule has 1 fully saturated rings. The summed E-state index contributed by atoms with van der Waals surface area (Å²) in [7, 11) is 4.91. The molecule has 1 atom stereocenters. The average Bonchev–Trinajstić information content (AvgIpc) is 3.21. The standard InChI is InChI=1S/C22H27NO4/c1-25-18-12-9-16(10-13-18)19-7-5-15-23(19)21(24)14-11-17-6-4-8-20(26-2)22(17)27-3/h4,6,8-10,12-13,19H,5,7,11,14-15H2,1-3H3. The molecule has 0 saturated carbocycles. The Morgan fingerprint density at radius 3 is 2.48 bits per heavy atom. The van der Waals surface area contributed by atoms with Gasteiger partial charge in [-0.1, -0.05) is 24.3 Å². The number of methoxy groups -OCH3 is 3. The summed E-state index contributed by atoms with van der Waals surface area (Å²) in [5, 5.41) is 0. The van der Waals surface area contributed by atoms with Gasteiger partial charge in [0.2, 0.25) is 5.91 Å². The van der Waals surface area contributed by atoms with Crippen molar-refractivity contribution in [1.82, 2.24) is 4.90 Å². The molecule has 1 heterocycles. The summed E-state index contributed by atoms with van der Waals surface area (Å²) in [6.45, 7) is 0.810. The first-order valence-corrected chi connectivity index (χ1v) is 9.31. The summed E-state index contributed by atoms with van der Waals surface area (Å²) < 4.78 is 16.1. The summed E-state index contributed by atoms with van der Waals surface area (Å²) in [4.78, 5) is 14.9. The third-order valence-electron chi connectivity index (χ3n) is 5.17. The van der Waals surface area contributed by atoms with Crippen LogP contribution in [-0.2, 0) is 11.2 Å². The van der Waals surface area contributed by atoms with Crippen LogP contribution in [0.4, 0.5) is 0 Å². The van der Waals surface area contributed by atoms with Gasteiger partial charge in [-0.15, -0.1) is 0 Å². The number of nitrogens with zero attached hydrogens (tertiary/aromatic N) is 1. The predicted molar refractivity (Wildman–Crippen MR) is 105 cm³/mol. The minimum atomic E-state index is 0.149. The minimum absolute atomic E-state index is 0.149. The van der Waals surface area contributed by atoms with Crippen LogP contribution in [0.15, 0.2) is 42.5 Å². The van der Waals surface area contributed by atoms with E-state index < -0.39 is 0 Å². The van der Waals surface area contributed by atoms with Crippen molar-refractivity contribution in [3.63, 3.8) is 0 Å². The molecule has 2 aromatic carbocycles. The second-order valence-electron chi connectivity index (χ2n) is 6.67. The zero-order valence-electron chi connectivity index (χ0n) is 16.2. The maximum absolute atomic E-state index is 12.9. The summed E-state index contributed by atoms with van der Waals surface area (Å²) >= 11 is 0. The number of amides is 1. The second kappa shape index (κ2) is 8.80. The Morgan fingerprint density at radius 1 is 1.04 bits per heavy atom. The summed E-state index contributed by atoms with van der Waals surface area (Å²) in [5.41, 5.74) is 2.16. The van der Waals surface area contributed by atoms with Gasteiger partial charge in [0, 0.05) is 13.0 Å². The van der Waals surface area contributed by atoms with Crippen LogP contribution in [0, 0.1) is 0 Å². The molecule has 0 aliphatic carbocycles. The van der Waals surface area contributed by atoms with E-state index >= 15 is 0 Å². The first-order valence-electron chi connectivity index (χ1n) is 9.31. The summed E-state index contributed by atoms with van der Waals surface area (Å²) in [6, 6.07) is 14.0. The van der Waals surface area contributed by atoms with Crippen LogP contribution < -0.4 is 14.2 Å². The predicted octanol–water partition coefficient (Wildman–Crippen LogP) is 4.01. The molecule has 1 unspecified atom stereocenters. The highest BCUT2D eigenvalue weighted by atomic mass is 16.5. The molecule has 0 bridgehead atoms. The lowest BCUT2D eigenvalue weighted by Crippen LogP contribution is -2.30. The molecule has 1 aliphatic heterocycles. The third-order valence-corrected chi connectivity index (χ3v) is 5.17. The van der Waals surface area contributed by atoms with E-state index in [9.17, 15) is 4.79 Å². The molecule has 0 spiro atoms. The van der Waals surface area contributed by atoms with Crippen molar-refractivity contribution in [2.75, 3.05) is 27.9 Å². The van der Waals surface area contributed by atoms with Gasteiger partial charge in [-0.25, -0.2) is 0 Å². The van der Waals surface area contributed by atoms with Gasteiger partial charge < -0.3 is 19.1 Å². The van der Waals surface area contributed by atoms with E-state index in [0.717, 1.165) is 30.7 Å². The van der Waals surface area contributed by atoms with E-state index in [0.29, 0.717) is 24.3 Å². The first kappa shape index (κ1) is 19.1. The molecule has 5 nitrogen and oxygen atoms in total. The van der Waals surface area contributed by atoms with Crippen LogP contribution in [0.1, 0.15) is 36.4 Å². The molecule has 1 amide bonds. The van der Waals surface area contributed by atoms with Crippen molar-refractivity contribution in [2.45, 2.75) is 31.7 Å². The Bertz CT molecular complexity index is 772. The molecule has 27 heavy (non-hydrogen) atoms. The van der Waals surface area contributed by atoms with Crippen LogP contribution in [0.2, 0.25) is 0 Å². The number of carbonyl (C=O) groups excluding carboxylic acids is 1. The molecular weight excluding hydrogens is 342 g/mol. The number of rotatable bonds is 7. The fourth-order valence-corrected chi connectivity index (χ4v) is 3.77. The molecule has 2 aromatic rings. The van der Waals surface area contributed by atoms with E-state index in [4.69, 9.17) is 14.2 Å². The molecule has 1 saturated heterocycles. The molecule has 144 valence electrons. The number of likely N-dealkylation sites (tertiary alicyclic amines) is 1. The third kappa shape index (κ3) is 4.18. The Labute approximate surface area is 160 Å². The minimum Gasteiger partial charge on any atom is -0.497 e. The lowest BCUT2D eigenvalue weighted by molar-refractivity contribution is -0.132. The number of ether oxygens (including phenoxy) is 3. The van der Waals surface area contributed by atoms with Gasteiger partial charge >= 0.3 is 0 Å². The SMILES string of the molecule is COc1ccc(C2CCCN2C(=O)CCc2cccc(OC)c2OC)cc1. The Balaban J connectivity index is 1.68. The highest BCUT2D eigenvalue weighted by Crippen LogP contribution is 2.35. The quantitative estimate of drug-likeness (QED) is 0.740. The molecular formula is C22H27NO4. The smallest absolute Gasteiger partial charge is 0.223 e. The summed E-state index contributed by atoms with van der Waals surface area (Å²) in [5.74, 6) is 2.42. The Kier molecular flexibility index (Phi) is 6.22. The van der Waals surface area contributed by atoms with Crippen molar-refractivity contribution < 1.29 is 19.0 Å². The Morgan fingerprint density at radius 2 is 1.81 bits per heavy atom. The maximum atomic E-state index is 12.9. The number of aryl methyl sites for hydroxylation is 1. The Hall–Kier alpha value is -2.69. The molecule has 3 rings (SSSR count). The highest BCUT2D eigenvalue weighted by Gasteiger charge is 2.29. The molecule has 5 heteroatoms.